The molecule has 1 unspecified atom stereocenters. The second-order valence-electron chi connectivity index (χ2n) is 5.50. The molecule has 0 aromatic carbocycles. The summed E-state index contributed by atoms with van der Waals surface area (Å²) in [4.78, 5) is 2.51. The van der Waals surface area contributed by atoms with Crippen molar-refractivity contribution in [3.63, 3.8) is 0 Å². The van der Waals surface area contributed by atoms with E-state index in [4.69, 9.17) is 0 Å². The highest BCUT2D eigenvalue weighted by atomic mass is 15.1. The third-order valence-electron chi connectivity index (χ3n) is 4.56. The third kappa shape index (κ3) is 2.31. The predicted molar refractivity (Wildman–Crippen MR) is 61.3 cm³/mol. The summed E-state index contributed by atoms with van der Waals surface area (Å²) in [6.07, 6.45) is 8.96. The first-order chi connectivity index (χ1) is 6.79. The van der Waals surface area contributed by atoms with Crippen LogP contribution in [0.4, 0.5) is 0 Å². The van der Waals surface area contributed by atoms with Crippen molar-refractivity contribution in [2.24, 2.45) is 17.8 Å². The van der Waals surface area contributed by atoms with Gasteiger partial charge in [0.25, 0.3) is 0 Å². The Morgan fingerprint density at radius 3 is 2.21 bits per heavy atom. The standard InChI is InChI=1S/C13H25N/c1-3-11-4-6-12(7-5-11)13-8-9-14(2)10-13/h11-13H,3-10H2,1-2H3. The molecular weight excluding hydrogens is 170 g/mol. The van der Waals surface area contributed by atoms with Gasteiger partial charge in [0.2, 0.25) is 0 Å². The van der Waals surface area contributed by atoms with Crippen LogP contribution in [0.1, 0.15) is 45.4 Å². The van der Waals surface area contributed by atoms with Gasteiger partial charge in [-0.25, -0.2) is 0 Å². The van der Waals surface area contributed by atoms with E-state index >= 15 is 0 Å². The Morgan fingerprint density at radius 1 is 1.00 bits per heavy atom. The maximum atomic E-state index is 2.51. The van der Waals surface area contributed by atoms with Gasteiger partial charge in [-0.05, 0) is 50.6 Å². The van der Waals surface area contributed by atoms with E-state index in [0.717, 1.165) is 17.8 Å². The Hall–Kier alpha value is -0.0400. The fourth-order valence-corrected chi connectivity index (χ4v) is 3.42. The van der Waals surface area contributed by atoms with Gasteiger partial charge >= 0.3 is 0 Å². The topological polar surface area (TPSA) is 3.24 Å². The van der Waals surface area contributed by atoms with Crippen LogP contribution in [-0.2, 0) is 0 Å². The summed E-state index contributed by atoms with van der Waals surface area (Å²) in [5, 5.41) is 0. The van der Waals surface area contributed by atoms with Crippen LogP contribution in [0.3, 0.4) is 0 Å². The molecular formula is C13H25N. The maximum Gasteiger partial charge on any atom is 0.000973 e. The smallest absolute Gasteiger partial charge is 0.000973 e. The first kappa shape index (κ1) is 10.5. The predicted octanol–water partition coefficient (Wildman–Crippen LogP) is 3.15. The molecule has 0 amide bonds. The lowest BCUT2D eigenvalue weighted by Crippen LogP contribution is -2.24. The highest BCUT2D eigenvalue weighted by molar-refractivity contribution is 4.83. The molecule has 2 aliphatic rings. The lowest BCUT2D eigenvalue weighted by atomic mass is 9.75. The summed E-state index contributed by atoms with van der Waals surface area (Å²) in [6.45, 7) is 5.08. The van der Waals surface area contributed by atoms with Crippen LogP contribution in [0.5, 0.6) is 0 Å². The van der Waals surface area contributed by atoms with E-state index in [1.54, 1.807) is 0 Å². The first-order valence-corrected chi connectivity index (χ1v) is 6.48. The number of hydrogen-bond acceptors (Lipinski definition) is 1. The van der Waals surface area contributed by atoms with Crippen LogP contribution in [0, 0.1) is 17.8 Å². The van der Waals surface area contributed by atoms with Gasteiger partial charge < -0.3 is 4.90 Å². The molecule has 0 radical (unpaired) electrons. The van der Waals surface area contributed by atoms with E-state index < -0.39 is 0 Å². The molecule has 0 aromatic rings. The minimum atomic E-state index is 1.04. The van der Waals surface area contributed by atoms with Crippen LogP contribution in [0.2, 0.25) is 0 Å². The van der Waals surface area contributed by atoms with Crippen LogP contribution in [0.25, 0.3) is 0 Å². The van der Waals surface area contributed by atoms with Gasteiger partial charge in [-0.15, -0.1) is 0 Å². The van der Waals surface area contributed by atoms with Crippen LogP contribution in [-0.4, -0.2) is 25.0 Å². The summed E-state index contributed by atoms with van der Waals surface area (Å²) in [5.74, 6) is 3.17. The zero-order valence-electron chi connectivity index (χ0n) is 9.84. The third-order valence-corrected chi connectivity index (χ3v) is 4.56. The molecule has 2 rings (SSSR count). The average Bonchev–Trinajstić information content (AvgIpc) is 2.65. The van der Waals surface area contributed by atoms with Crippen molar-refractivity contribution in [1.29, 1.82) is 0 Å². The van der Waals surface area contributed by atoms with Gasteiger partial charge in [-0.1, -0.05) is 26.2 Å². The molecule has 0 N–H and O–H groups in total. The van der Waals surface area contributed by atoms with E-state index in [-0.39, 0.29) is 0 Å². The SMILES string of the molecule is CCC1CCC(C2CCN(C)C2)CC1. The van der Waals surface area contributed by atoms with Crippen molar-refractivity contribution in [2.45, 2.75) is 45.4 Å². The molecule has 1 aliphatic carbocycles. The van der Waals surface area contributed by atoms with Gasteiger partial charge in [-0.3, -0.25) is 0 Å². The van der Waals surface area contributed by atoms with Crippen molar-refractivity contribution in [1.82, 2.24) is 4.90 Å². The maximum absolute atomic E-state index is 2.51. The summed E-state index contributed by atoms with van der Waals surface area (Å²) < 4.78 is 0. The molecule has 1 heterocycles. The van der Waals surface area contributed by atoms with E-state index in [1.165, 1.54) is 51.6 Å². The second-order valence-corrected chi connectivity index (χ2v) is 5.50. The summed E-state index contributed by atoms with van der Waals surface area (Å²) in [5.41, 5.74) is 0. The minimum absolute atomic E-state index is 1.04. The summed E-state index contributed by atoms with van der Waals surface area (Å²) in [7, 11) is 2.28. The number of hydrogen-bond donors (Lipinski definition) is 0. The molecule has 1 nitrogen and oxygen atoms in total. The molecule has 1 atom stereocenters. The fraction of sp³-hybridized carbons (Fsp3) is 1.00. The van der Waals surface area contributed by atoms with Crippen LogP contribution >= 0.6 is 0 Å². The lowest BCUT2D eigenvalue weighted by molar-refractivity contribution is 0.202. The minimum Gasteiger partial charge on any atom is -0.306 e. The molecule has 14 heavy (non-hydrogen) atoms. The number of likely N-dealkylation sites (tertiary alicyclic amines) is 1. The molecule has 1 saturated heterocycles. The summed E-state index contributed by atoms with van der Waals surface area (Å²) >= 11 is 0. The van der Waals surface area contributed by atoms with Gasteiger partial charge in [-0.2, -0.15) is 0 Å². The van der Waals surface area contributed by atoms with Gasteiger partial charge in [0.05, 0.1) is 0 Å². The van der Waals surface area contributed by atoms with Crippen molar-refractivity contribution in [3.05, 3.63) is 0 Å². The largest absolute Gasteiger partial charge is 0.306 e. The van der Waals surface area contributed by atoms with Crippen molar-refractivity contribution >= 4 is 0 Å². The monoisotopic (exact) mass is 195 g/mol. The van der Waals surface area contributed by atoms with Crippen LogP contribution < -0.4 is 0 Å². The Kier molecular flexibility index (Phi) is 3.48. The molecule has 1 heteroatoms. The van der Waals surface area contributed by atoms with Gasteiger partial charge in [0, 0.05) is 6.54 Å². The number of rotatable bonds is 2. The van der Waals surface area contributed by atoms with E-state index in [1.807, 2.05) is 0 Å². The van der Waals surface area contributed by atoms with E-state index in [0.29, 0.717) is 0 Å². The Bertz CT molecular complexity index is 170. The molecule has 0 spiro atoms. The lowest BCUT2D eigenvalue weighted by Gasteiger charge is -2.31. The quantitative estimate of drug-likeness (QED) is 0.654. The van der Waals surface area contributed by atoms with E-state index in [2.05, 4.69) is 18.9 Å². The normalized spacial score (nSPS) is 40.3. The van der Waals surface area contributed by atoms with Gasteiger partial charge in [0.1, 0.15) is 0 Å². The van der Waals surface area contributed by atoms with Crippen LogP contribution in [0.15, 0.2) is 0 Å². The Labute approximate surface area is 88.9 Å². The van der Waals surface area contributed by atoms with Crippen molar-refractivity contribution in [3.8, 4) is 0 Å². The molecule has 1 aliphatic heterocycles. The zero-order valence-corrected chi connectivity index (χ0v) is 9.84. The molecule has 2 fully saturated rings. The zero-order chi connectivity index (χ0) is 9.97. The van der Waals surface area contributed by atoms with Crippen molar-refractivity contribution in [2.75, 3.05) is 20.1 Å². The highest BCUT2D eigenvalue weighted by Crippen LogP contribution is 2.37. The Morgan fingerprint density at radius 2 is 1.71 bits per heavy atom. The van der Waals surface area contributed by atoms with E-state index in [9.17, 15) is 0 Å². The molecule has 0 aromatic heterocycles. The average molecular weight is 195 g/mol. The molecule has 82 valence electrons. The molecule has 0 bridgehead atoms. The van der Waals surface area contributed by atoms with Gasteiger partial charge in [0.15, 0.2) is 0 Å². The summed E-state index contributed by atoms with van der Waals surface area (Å²) in [6, 6.07) is 0. The fourth-order valence-electron chi connectivity index (χ4n) is 3.42. The molecule has 1 saturated carbocycles. The number of nitrogens with zero attached hydrogens (tertiary/aromatic N) is 1. The highest BCUT2D eigenvalue weighted by Gasteiger charge is 2.30. The Balaban J connectivity index is 1.78. The van der Waals surface area contributed by atoms with Crippen molar-refractivity contribution < 1.29 is 0 Å². The first-order valence-electron chi connectivity index (χ1n) is 6.48. The second kappa shape index (κ2) is 4.65.